The van der Waals surface area contributed by atoms with Gasteiger partial charge in [0.15, 0.2) is 12.4 Å². The molecule has 25 heavy (non-hydrogen) atoms. The van der Waals surface area contributed by atoms with Gasteiger partial charge in [0.05, 0.1) is 0 Å². The van der Waals surface area contributed by atoms with Crippen molar-refractivity contribution in [1.82, 2.24) is 0 Å². The van der Waals surface area contributed by atoms with Crippen LogP contribution < -0.4 is 19.7 Å². The summed E-state index contributed by atoms with van der Waals surface area (Å²) in [4.78, 5) is 17.8. The van der Waals surface area contributed by atoms with Gasteiger partial charge in [-0.15, -0.1) is 0 Å². The van der Waals surface area contributed by atoms with Crippen LogP contribution in [0.1, 0.15) is 13.8 Å². The van der Waals surface area contributed by atoms with Crippen LogP contribution in [0, 0.1) is 10.4 Å². The first-order chi connectivity index (χ1) is 11.2. The summed E-state index contributed by atoms with van der Waals surface area (Å²) in [5.74, 6) is -2.17. The average molecular weight is 436 g/mol. The number of aromatic nitrogens is 2. The van der Waals surface area contributed by atoms with Crippen LogP contribution in [0.4, 0.5) is 0 Å². The minimum Gasteiger partial charge on any atom is -0.618 e. The molecular formula is C14H14N2O6S2Zn. The maximum Gasteiger partial charge on any atom is 2.00 e. The molecule has 0 saturated carbocycles. The molecule has 0 radical (unpaired) electrons. The number of pyridine rings is 2. The molecule has 0 spiro atoms. The van der Waals surface area contributed by atoms with E-state index in [4.69, 9.17) is 19.8 Å². The summed E-state index contributed by atoms with van der Waals surface area (Å²) in [6.45, 7) is 1.94. The van der Waals surface area contributed by atoms with Crippen LogP contribution >= 0.6 is 21.6 Å². The van der Waals surface area contributed by atoms with E-state index in [-0.39, 0.29) is 19.5 Å². The van der Waals surface area contributed by atoms with E-state index in [0.29, 0.717) is 10.1 Å². The molecule has 130 valence electrons. The number of carbonyl (C=O) groups excluding carboxylic acids is 2. The van der Waals surface area contributed by atoms with Gasteiger partial charge in [-0.05, 0) is 26.0 Å². The molecule has 0 atom stereocenters. The smallest absolute Gasteiger partial charge is 0.618 e. The summed E-state index contributed by atoms with van der Waals surface area (Å²) in [6, 6.07) is 10.3. The predicted molar refractivity (Wildman–Crippen MR) is 83.9 cm³/mol. The third-order valence-electron chi connectivity index (χ3n) is 1.79. The average Bonchev–Trinajstić information content (AvgIpc) is 2.47. The van der Waals surface area contributed by atoms with E-state index in [1.807, 2.05) is 0 Å². The van der Waals surface area contributed by atoms with E-state index in [9.17, 15) is 10.4 Å². The van der Waals surface area contributed by atoms with E-state index >= 15 is 0 Å². The molecule has 0 N–H and O–H groups in total. The van der Waals surface area contributed by atoms with Gasteiger partial charge < -0.3 is 30.2 Å². The molecule has 2 heterocycles. The van der Waals surface area contributed by atoms with Crippen molar-refractivity contribution in [2.24, 2.45) is 0 Å². The Balaban J connectivity index is 0. The van der Waals surface area contributed by atoms with Crippen molar-refractivity contribution in [3.8, 4) is 0 Å². The molecule has 0 saturated heterocycles. The summed E-state index contributed by atoms with van der Waals surface area (Å²) in [6.07, 6.45) is 2.86. The molecule has 0 bridgehead atoms. The van der Waals surface area contributed by atoms with Crippen LogP contribution in [0.5, 0.6) is 0 Å². The van der Waals surface area contributed by atoms with Crippen LogP contribution in [0.15, 0.2) is 58.8 Å². The SMILES string of the molecule is CC(=O)[O-].CC(=O)[O-].[O-][n+]1ccccc1SSc1cccc[n+]1[O-].[Zn+2]. The van der Waals surface area contributed by atoms with Crippen molar-refractivity contribution in [3.05, 3.63) is 59.2 Å². The molecule has 0 fully saturated rings. The molecule has 0 unspecified atom stereocenters. The normalized spacial score (nSPS) is 8.56. The first kappa shape index (κ1) is 25.4. The third kappa shape index (κ3) is 14.2. The second-order valence-electron chi connectivity index (χ2n) is 3.88. The van der Waals surface area contributed by atoms with Crippen molar-refractivity contribution in [2.45, 2.75) is 23.9 Å². The van der Waals surface area contributed by atoms with Crippen LogP contribution in [0.2, 0.25) is 0 Å². The maximum atomic E-state index is 11.3. The van der Waals surface area contributed by atoms with Gasteiger partial charge in [0.2, 0.25) is 0 Å². The van der Waals surface area contributed by atoms with Gasteiger partial charge in [-0.25, -0.2) is 0 Å². The quantitative estimate of drug-likeness (QED) is 0.266. The summed E-state index contributed by atoms with van der Waals surface area (Å²) in [5.41, 5.74) is 0. The largest absolute Gasteiger partial charge is 2.00 e. The fraction of sp³-hybridized carbons (Fsp3) is 0.143. The molecule has 0 aliphatic rings. The van der Waals surface area contributed by atoms with Gasteiger partial charge in [0.1, 0.15) is 0 Å². The molecule has 0 aliphatic carbocycles. The topological polar surface area (TPSA) is 134 Å². The number of hydrogen-bond acceptors (Lipinski definition) is 8. The van der Waals surface area contributed by atoms with Crippen molar-refractivity contribution < 1.29 is 48.7 Å². The van der Waals surface area contributed by atoms with E-state index in [0.717, 1.165) is 23.3 Å². The Bertz CT molecular complexity index is 610. The monoisotopic (exact) mass is 434 g/mol. The molecule has 0 aromatic carbocycles. The standard InChI is InChI=1S/C10H8N2O2S2.2C2H4O2.Zn/c13-11-7-3-1-5-9(11)15-16-10-6-2-4-8-12(10)14;2*1-2(3)4;/h1-8H;2*1H3,(H,3,4);/q;;;+2/p-2. The minimum absolute atomic E-state index is 0. The Labute approximate surface area is 165 Å². The molecule has 2 aromatic heterocycles. The van der Waals surface area contributed by atoms with E-state index in [2.05, 4.69) is 0 Å². The number of aliphatic carboxylic acids is 2. The van der Waals surface area contributed by atoms with Crippen molar-refractivity contribution in [1.29, 1.82) is 0 Å². The molecule has 11 heteroatoms. The zero-order valence-electron chi connectivity index (χ0n) is 13.5. The van der Waals surface area contributed by atoms with Crippen molar-refractivity contribution >= 4 is 33.5 Å². The van der Waals surface area contributed by atoms with Gasteiger partial charge in [-0.3, -0.25) is 0 Å². The van der Waals surface area contributed by atoms with Gasteiger partial charge in [-0.1, -0.05) is 0 Å². The summed E-state index contributed by atoms with van der Waals surface area (Å²) in [5, 5.41) is 41.5. The van der Waals surface area contributed by atoms with Gasteiger partial charge in [-0.2, -0.15) is 9.46 Å². The van der Waals surface area contributed by atoms with Crippen LogP contribution in [-0.2, 0) is 29.1 Å². The summed E-state index contributed by atoms with van der Waals surface area (Å²) >= 11 is 0. The fourth-order valence-electron chi connectivity index (χ4n) is 1.04. The fourth-order valence-corrected chi connectivity index (χ4v) is 3.03. The van der Waals surface area contributed by atoms with Crippen LogP contribution in [0.25, 0.3) is 0 Å². The zero-order chi connectivity index (χ0) is 18.5. The number of carboxylic acids is 2. The number of carbonyl (C=O) groups is 2. The first-order valence-electron chi connectivity index (χ1n) is 6.30. The predicted octanol–water partition coefficient (Wildman–Crippen LogP) is -0.737. The molecule has 2 rings (SSSR count). The molecule has 2 aromatic rings. The van der Waals surface area contributed by atoms with Crippen molar-refractivity contribution in [2.75, 3.05) is 0 Å². The summed E-state index contributed by atoms with van der Waals surface area (Å²) < 4.78 is 1.55. The van der Waals surface area contributed by atoms with Gasteiger partial charge in [0.25, 0.3) is 10.1 Å². The Morgan fingerprint density at radius 1 is 0.800 bits per heavy atom. The Morgan fingerprint density at radius 2 is 1.08 bits per heavy atom. The Morgan fingerprint density at radius 3 is 1.32 bits per heavy atom. The third-order valence-corrected chi connectivity index (χ3v) is 4.12. The second-order valence-corrected chi connectivity index (χ2v) is 6.05. The van der Waals surface area contributed by atoms with Gasteiger partial charge >= 0.3 is 19.5 Å². The van der Waals surface area contributed by atoms with E-state index in [1.165, 1.54) is 34.0 Å². The maximum absolute atomic E-state index is 11.3. The first-order valence-corrected chi connectivity index (χ1v) is 8.45. The zero-order valence-corrected chi connectivity index (χ0v) is 18.1. The molecule has 0 amide bonds. The minimum atomic E-state index is -1.08. The van der Waals surface area contributed by atoms with E-state index in [1.54, 1.807) is 36.4 Å². The molecular weight excluding hydrogens is 422 g/mol. The number of nitrogens with zero attached hydrogens (tertiary/aromatic N) is 2. The van der Waals surface area contributed by atoms with Crippen molar-refractivity contribution in [3.63, 3.8) is 0 Å². The molecule has 8 nitrogen and oxygen atoms in total. The summed E-state index contributed by atoms with van der Waals surface area (Å²) in [7, 11) is 2.52. The molecule has 0 aliphatic heterocycles. The number of rotatable bonds is 3. The van der Waals surface area contributed by atoms with Gasteiger partial charge in [0, 0.05) is 57.8 Å². The second kappa shape index (κ2) is 14.5. The van der Waals surface area contributed by atoms with Crippen LogP contribution in [0.3, 0.4) is 0 Å². The van der Waals surface area contributed by atoms with E-state index < -0.39 is 11.9 Å². The number of carboxylic acid groups (broad SMARTS) is 2. The Kier molecular flexibility index (Phi) is 14.7. The van der Waals surface area contributed by atoms with Crippen LogP contribution in [-0.4, -0.2) is 11.9 Å². The number of hydrogen-bond donors (Lipinski definition) is 0. The Hall–Kier alpha value is -1.84.